The van der Waals surface area contributed by atoms with Crippen LogP contribution in [0.4, 0.5) is 0 Å². The van der Waals surface area contributed by atoms with Crippen molar-refractivity contribution in [3.8, 4) is 0 Å². The SMILES string of the molecule is C[C@H]1O[C@@H](OC(C)(C)C)[C@@H](O)[C@@H](N(CCCN)CCCN)[C@@H]1O. The van der Waals surface area contributed by atoms with Crippen molar-refractivity contribution in [2.75, 3.05) is 26.2 Å². The first-order valence-electron chi connectivity index (χ1n) is 8.55. The van der Waals surface area contributed by atoms with Crippen LogP contribution in [0.3, 0.4) is 0 Å². The number of nitrogens with zero attached hydrogens (tertiary/aromatic N) is 1. The molecule has 0 aromatic carbocycles. The molecule has 1 aliphatic rings. The third-order valence-electron chi connectivity index (χ3n) is 4.00. The van der Waals surface area contributed by atoms with Crippen LogP contribution in [0.2, 0.25) is 0 Å². The molecule has 0 bridgehead atoms. The summed E-state index contributed by atoms with van der Waals surface area (Å²) in [5.74, 6) is 0. The molecule has 1 fully saturated rings. The van der Waals surface area contributed by atoms with Crippen molar-refractivity contribution in [2.24, 2.45) is 11.5 Å². The van der Waals surface area contributed by atoms with Gasteiger partial charge in [-0.05, 0) is 66.7 Å². The highest BCUT2D eigenvalue weighted by molar-refractivity contribution is 4.95. The fourth-order valence-corrected chi connectivity index (χ4v) is 2.89. The van der Waals surface area contributed by atoms with Crippen molar-refractivity contribution in [3.63, 3.8) is 0 Å². The van der Waals surface area contributed by atoms with Gasteiger partial charge in [-0.3, -0.25) is 4.90 Å². The molecule has 0 saturated carbocycles. The third-order valence-corrected chi connectivity index (χ3v) is 4.00. The predicted molar refractivity (Wildman–Crippen MR) is 89.9 cm³/mol. The quantitative estimate of drug-likeness (QED) is 0.479. The average molecular weight is 333 g/mol. The van der Waals surface area contributed by atoms with Crippen molar-refractivity contribution < 1.29 is 19.7 Å². The zero-order valence-electron chi connectivity index (χ0n) is 14.9. The molecule has 23 heavy (non-hydrogen) atoms. The highest BCUT2D eigenvalue weighted by atomic mass is 16.7. The molecule has 5 atom stereocenters. The van der Waals surface area contributed by atoms with E-state index < -0.39 is 36.2 Å². The molecule has 6 N–H and O–H groups in total. The Hall–Kier alpha value is -0.280. The molecule has 0 aliphatic carbocycles. The van der Waals surface area contributed by atoms with Gasteiger partial charge in [-0.1, -0.05) is 0 Å². The van der Waals surface area contributed by atoms with Crippen LogP contribution < -0.4 is 11.5 Å². The largest absolute Gasteiger partial charge is 0.389 e. The lowest BCUT2D eigenvalue weighted by Gasteiger charge is -2.47. The first kappa shape index (κ1) is 20.8. The first-order valence-corrected chi connectivity index (χ1v) is 8.55. The average Bonchev–Trinajstić information content (AvgIpc) is 2.45. The normalized spacial score (nSPS) is 32.5. The molecule has 0 unspecified atom stereocenters. The summed E-state index contributed by atoms with van der Waals surface area (Å²) in [5, 5.41) is 21.3. The van der Waals surface area contributed by atoms with E-state index in [9.17, 15) is 10.2 Å². The highest BCUT2D eigenvalue weighted by Gasteiger charge is 2.46. The van der Waals surface area contributed by atoms with Gasteiger partial charge in [0.05, 0.1) is 23.9 Å². The van der Waals surface area contributed by atoms with E-state index >= 15 is 0 Å². The van der Waals surface area contributed by atoms with E-state index in [1.165, 1.54) is 0 Å². The molecule has 138 valence electrons. The molecule has 1 rings (SSSR count). The van der Waals surface area contributed by atoms with Crippen LogP contribution in [0.25, 0.3) is 0 Å². The Morgan fingerprint density at radius 3 is 2.00 bits per heavy atom. The molecular formula is C16H35N3O4. The van der Waals surface area contributed by atoms with E-state index in [0.717, 1.165) is 12.8 Å². The van der Waals surface area contributed by atoms with E-state index in [-0.39, 0.29) is 0 Å². The van der Waals surface area contributed by atoms with E-state index in [1.54, 1.807) is 6.92 Å². The second kappa shape index (κ2) is 9.27. The van der Waals surface area contributed by atoms with Crippen molar-refractivity contribution in [1.29, 1.82) is 0 Å². The van der Waals surface area contributed by atoms with Crippen LogP contribution in [0, 0.1) is 0 Å². The molecule has 0 aromatic heterocycles. The van der Waals surface area contributed by atoms with Gasteiger partial charge in [-0.25, -0.2) is 0 Å². The summed E-state index contributed by atoms with van der Waals surface area (Å²) in [4.78, 5) is 2.06. The van der Waals surface area contributed by atoms with Crippen LogP contribution in [-0.2, 0) is 9.47 Å². The molecular weight excluding hydrogens is 298 g/mol. The summed E-state index contributed by atoms with van der Waals surface area (Å²) in [7, 11) is 0. The summed E-state index contributed by atoms with van der Waals surface area (Å²) >= 11 is 0. The molecule has 0 radical (unpaired) electrons. The Labute approximate surface area is 139 Å². The molecule has 0 amide bonds. The Morgan fingerprint density at radius 2 is 1.57 bits per heavy atom. The van der Waals surface area contributed by atoms with Crippen molar-refractivity contribution in [3.05, 3.63) is 0 Å². The summed E-state index contributed by atoms with van der Waals surface area (Å²) in [5.41, 5.74) is 10.8. The molecule has 7 heteroatoms. The fraction of sp³-hybridized carbons (Fsp3) is 1.00. The molecule has 0 spiro atoms. The van der Waals surface area contributed by atoms with Gasteiger partial charge in [0.15, 0.2) is 6.29 Å². The van der Waals surface area contributed by atoms with Crippen molar-refractivity contribution in [1.82, 2.24) is 4.90 Å². The Morgan fingerprint density at radius 1 is 1.04 bits per heavy atom. The number of nitrogens with two attached hydrogens (primary N) is 2. The van der Waals surface area contributed by atoms with Gasteiger partial charge in [0.2, 0.25) is 0 Å². The third kappa shape index (κ3) is 6.26. The number of rotatable bonds is 8. The van der Waals surface area contributed by atoms with Gasteiger partial charge in [0.25, 0.3) is 0 Å². The maximum absolute atomic E-state index is 10.7. The maximum atomic E-state index is 10.7. The minimum atomic E-state index is -0.934. The molecule has 7 nitrogen and oxygen atoms in total. The van der Waals surface area contributed by atoms with Crippen molar-refractivity contribution in [2.45, 2.75) is 76.8 Å². The zero-order chi connectivity index (χ0) is 17.6. The van der Waals surface area contributed by atoms with E-state index in [4.69, 9.17) is 20.9 Å². The highest BCUT2D eigenvalue weighted by Crippen LogP contribution is 2.28. The van der Waals surface area contributed by atoms with Crippen LogP contribution in [0.5, 0.6) is 0 Å². The Balaban J connectivity index is 2.91. The fourth-order valence-electron chi connectivity index (χ4n) is 2.89. The lowest BCUT2D eigenvalue weighted by molar-refractivity contribution is -0.305. The number of hydrogen-bond donors (Lipinski definition) is 4. The van der Waals surface area contributed by atoms with E-state index in [2.05, 4.69) is 4.90 Å². The summed E-state index contributed by atoms with van der Waals surface area (Å²) < 4.78 is 11.5. The van der Waals surface area contributed by atoms with Gasteiger partial charge in [0, 0.05) is 0 Å². The van der Waals surface area contributed by atoms with Gasteiger partial charge < -0.3 is 31.2 Å². The maximum Gasteiger partial charge on any atom is 0.186 e. The number of aliphatic hydroxyl groups is 2. The van der Waals surface area contributed by atoms with Gasteiger partial charge in [-0.15, -0.1) is 0 Å². The minimum absolute atomic E-state index is 0.422. The second-order valence-electron chi connectivity index (χ2n) is 7.23. The summed E-state index contributed by atoms with van der Waals surface area (Å²) in [6.07, 6.45) is -1.33. The number of ether oxygens (including phenoxy) is 2. The number of aliphatic hydroxyl groups excluding tert-OH is 2. The summed E-state index contributed by atoms with van der Waals surface area (Å²) in [6, 6.07) is -0.454. The summed E-state index contributed by atoms with van der Waals surface area (Å²) in [6.45, 7) is 10.1. The van der Waals surface area contributed by atoms with Crippen LogP contribution in [-0.4, -0.2) is 77.5 Å². The van der Waals surface area contributed by atoms with Crippen molar-refractivity contribution >= 4 is 0 Å². The van der Waals surface area contributed by atoms with E-state index in [1.807, 2.05) is 20.8 Å². The van der Waals surface area contributed by atoms with Gasteiger partial charge in [0.1, 0.15) is 6.10 Å². The second-order valence-corrected chi connectivity index (χ2v) is 7.23. The lowest BCUT2D eigenvalue weighted by atomic mass is 9.94. The Kier molecular flexibility index (Phi) is 8.37. The molecule has 1 aliphatic heterocycles. The topological polar surface area (TPSA) is 114 Å². The molecule has 1 heterocycles. The van der Waals surface area contributed by atoms with Crippen LogP contribution in [0.15, 0.2) is 0 Å². The standard InChI is InChI=1S/C16H35N3O4/c1-11-13(20)12(19(9-5-7-17)10-6-8-18)14(21)15(22-11)23-16(2,3)4/h11-15,20-21H,5-10,17-18H2,1-4H3/t11-,12+,13-,14+,15+/m1/s1. The monoisotopic (exact) mass is 333 g/mol. The van der Waals surface area contributed by atoms with Gasteiger partial charge in [-0.2, -0.15) is 0 Å². The van der Waals surface area contributed by atoms with E-state index in [0.29, 0.717) is 26.2 Å². The lowest BCUT2D eigenvalue weighted by Crippen LogP contribution is -2.64. The Bertz CT molecular complexity index is 330. The minimum Gasteiger partial charge on any atom is -0.389 e. The van der Waals surface area contributed by atoms with Gasteiger partial charge >= 0.3 is 0 Å². The molecule has 1 saturated heterocycles. The smallest absolute Gasteiger partial charge is 0.186 e. The predicted octanol–water partition coefficient (Wildman–Crippen LogP) is -0.364. The first-order chi connectivity index (χ1) is 10.7. The number of hydrogen-bond acceptors (Lipinski definition) is 7. The zero-order valence-corrected chi connectivity index (χ0v) is 14.9. The van der Waals surface area contributed by atoms with Crippen LogP contribution in [0.1, 0.15) is 40.5 Å². The van der Waals surface area contributed by atoms with Crippen LogP contribution >= 0.6 is 0 Å². The molecule has 0 aromatic rings.